The highest BCUT2D eigenvalue weighted by molar-refractivity contribution is 6.35. The summed E-state index contributed by atoms with van der Waals surface area (Å²) < 4.78 is 10.4. The number of halogens is 2. The summed E-state index contributed by atoms with van der Waals surface area (Å²) in [4.78, 5) is 12.1. The van der Waals surface area contributed by atoms with Crippen molar-refractivity contribution < 1.29 is 14.3 Å². The van der Waals surface area contributed by atoms with Crippen LogP contribution in [0.5, 0.6) is 11.5 Å². The first-order chi connectivity index (χ1) is 10.5. The van der Waals surface area contributed by atoms with Crippen LogP contribution < -0.4 is 14.8 Å². The van der Waals surface area contributed by atoms with Crippen LogP contribution in [0, 0.1) is 0 Å². The van der Waals surface area contributed by atoms with Crippen LogP contribution in [-0.2, 0) is 11.2 Å². The van der Waals surface area contributed by atoms with E-state index in [1.54, 1.807) is 50.6 Å². The van der Waals surface area contributed by atoms with E-state index >= 15 is 0 Å². The minimum Gasteiger partial charge on any atom is -0.493 e. The molecule has 0 aromatic heterocycles. The van der Waals surface area contributed by atoms with Crippen molar-refractivity contribution in [3.8, 4) is 11.5 Å². The molecule has 2 aromatic carbocycles. The topological polar surface area (TPSA) is 47.6 Å². The number of hydrogen-bond acceptors (Lipinski definition) is 3. The van der Waals surface area contributed by atoms with Crippen molar-refractivity contribution >= 4 is 34.8 Å². The molecule has 0 radical (unpaired) electrons. The van der Waals surface area contributed by atoms with Gasteiger partial charge < -0.3 is 14.8 Å². The van der Waals surface area contributed by atoms with Crippen molar-refractivity contribution in [2.24, 2.45) is 0 Å². The van der Waals surface area contributed by atoms with Crippen molar-refractivity contribution in [1.29, 1.82) is 0 Å². The maximum atomic E-state index is 12.1. The number of ether oxygens (including phenoxy) is 2. The van der Waals surface area contributed by atoms with Gasteiger partial charge in [0.15, 0.2) is 11.5 Å². The third-order valence-electron chi connectivity index (χ3n) is 3.02. The minimum absolute atomic E-state index is 0.184. The van der Waals surface area contributed by atoms with Crippen molar-refractivity contribution in [1.82, 2.24) is 0 Å². The lowest BCUT2D eigenvalue weighted by molar-refractivity contribution is -0.115. The number of carbonyl (C=O) groups is 1. The second kappa shape index (κ2) is 7.38. The average molecular weight is 340 g/mol. The third-order valence-corrected chi connectivity index (χ3v) is 3.58. The smallest absolute Gasteiger partial charge is 0.228 e. The number of rotatable bonds is 5. The largest absolute Gasteiger partial charge is 0.493 e. The molecular weight excluding hydrogens is 325 g/mol. The summed E-state index contributed by atoms with van der Waals surface area (Å²) in [6, 6.07) is 10.2. The van der Waals surface area contributed by atoms with Crippen LogP contribution in [0.15, 0.2) is 36.4 Å². The first-order valence-electron chi connectivity index (χ1n) is 6.49. The van der Waals surface area contributed by atoms with Crippen LogP contribution in [0.25, 0.3) is 0 Å². The molecule has 22 heavy (non-hydrogen) atoms. The lowest BCUT2D eigenvalue weighted by Gasteiger charge is -2.10. The van der Waals surface area contributed by atoms with Gasteiger partial charge in [0, 0.05) is 5.02 Å². The Balaban J connectivity index is 2.10. The van der Waals surface area contributed by atoms with Crippen LogP contribution in [0.4, 0.5) is 5.69 Å². The summed E-state index contributed by atoms with van der Waals surface area (Å²) in [7, 11) is 3.11. The number of carbonyl (C=O) groups excluding carboxylic acids is 1. The van der Waals surface area contributed by atoms with Crippen molar-refractivity contribution in [3.63, 3.8) is 0 Å². The molecule has 1 N–H and O–H groups in total. The Bertz CT molecular complexity index is 689. The van der Waals surface area contributed by atoms with Gasteiger partial charge in [-0.2, -0.15) is 0 Å². The zero-order valence-corrected chi connectivity index (χ0v) is 13.7. The van der Waals surface area contributed by atoms with E-state index in [1.165, 1.54) is 0 Å². The number of methoxy groups -OCH3 is 2. The molecule has 116 valence electrons. The number of hydrogen-bond donors (Lipinski definition) is 1. The molecule has 0 saturated heterocycles. The number of benzene rings is 2. The monoisotopic (exact) mass is 339 g/mol. The summed E-state index contributed by atoms with van der Waals surface area (Å²) >= 11 is 11.9. The molecule has 0 aliphatic heterocycles. The molecule has 0 aliphatic carbocycles. The van der Waals surface area contributed by atoms with Gasteiger partial charge in [0.25, 0.3) is 0 Å². The molecule has 6 heteroatoms. The van der Waals surface area contributed by atoms with Crippen molar-refractivity contribution in [2.45, 2.75) is 6.42 Å². The number of nitrogens with one attached hydrogen (secondary N) is 1. The van der Waals surface area contributed by atoms with E-state index < -0.39 is 0 Å². The zero-order valence-electron chi connectivity index (χ0n) is 12.2. The zero-order chi connectivity index (χ0) is 16.1. The van der Waals surface area contributed by atoms with Gasteiger partial charge in [-0.15, -0.1) is 0 Å². The first-order valence-corrected chi connectivity index (χ1v) is 7.25. The van der Waals surface area contributed by atoms with E-state index in [0.717, 1.165) is 5.56 Å². The number of anilines is 1. The van der Waals surface area contributed by atoms with E-state index in [9.17, 15) is 4.79 Å². The second-order valence-corrected chi connectivity index (χ2v) is 5.38. The van der Waals surface area contributed by atoms with Gasteiger partial charge in [0.05, 0.1) is 31.4 Å². The summed E-state index contributed by atoms with van der Waals surface area (Å²) in [6.07, 6.45) is 0.184. The minimum atomic E-state index is -0.198. The van der Waals surface area contributed by atoms with E-state index in [-0.39, 0.29) is 12.3 Å². The maximum Gasteiger partial charge on any atom is 0.228 e. The molecule has 0 fully saturated rings. The van der Waals surface area contributed by atoms with E-state index in [1.807, 2.05) is 0 Å². The third kappa shape index (κ3) is 4.06. The van der Waals surface area contributed by atoms with Crippen LogP contribution in [0.2, 0.25) is 10.0 Å². The van der Waals surface area contributed by atoms with Gasteiger partial charge in [-0.1, -0.05) is 29.3 Å². The van der Waals surface area contributed by atoms with Gasteiger partial charge in [-0.3, -0.25) is 4.79 Å². The van der Waals surface area contributed by atoms with Crippen molar-refractivity contribution in [3.05, 3.63) is 52.0 Å². The predicted octanol–water partition coefficient (Wildman–Crippen LogP) is 4.19. The molecule has 0 bridgehead atoms. The fraction of sp³-hybridized carbons (Fsp3) is 0.188. The standard InChI is InChI=1S/C16H15Cl2NO3/c1-21-14-6-3-10(7-15(14)22-2)8-16(20)19-13-9-11(17)4-5-12(13)18/h3-7,9H,8H2,1-2H3,(H,19,20). The van der Waals surface area contributed by atoms with Crippen LogP contribution >= 0.6 is 23.2 Å². The summed E-state index contributed by atoms with van der Waals surface area (Å²) in [6.45, 7) is 0. The molecule has 0 saturated carbocycles. The SMILES string of the molecule is COc1ccc(CC(=O)Nc2cc(Cl)ccc2Cl)cc1OC. The Morgan fingerprint density at radius 1 is 1.05 bits per heavy atom. The lowest BCUT2D eigenvalue weighted by atomic mass is 10.1. The van der Waals surface area contributed by atoms with Gasteiger partial charge in [0.1, 0.15) is 0 Å². The van der Waals surface area contributed by atoms with Crippen LogP contribution in [0.1, 0.15) is 5.56 Å². The summed E-state index contributed by atoms with van der Waals surface area (Å²) in [5.41, 5.74) is 1.29. The normalized spacial score (nSPS) is 10.2. The Morgan fingerprint density at radius 2 is 1.77 bits per heavy atom. The highest BCUT2D eigenvalue weighted by atomic mass is 35.5. The molecular formula is C16H15Cl2NO3. The van der Waals surface area contributed by atoms with E-state index in [0.29, 0.717) is 27.2 Å². The van der Waals surface area contributed by atoms with E-state index in [4.69, 9.17) is 32.7 Å². The molecule has 1 amide bonds. The summed E-state index contributed by atoms with van der Waals surface area (Å²) in [5.74, 6) is 0.995. The van der Waals surface area contributed by atoms with Crippen LogP contribution in [-0.4, -0.2) is 20.1 Å². The number of amides is 1. The Kier molecular flexibility index (Phi) is 5.52. The molecule has 2 rings (SSSR count). The fourth-order valence-corrected chi connectivity index (χ4v) is 2.30. The Hall–Kier alpha value is -1.91. The van der Waals surface area contributed by atoms with E-state index in [2.05, 4.69) is 5.32 Å². The molecule has 0 spiro atoms. The maximum absolute atomic E-state index is 12.1. The average Bonchev–Trinajstić information content (AvgIpc) is 2.50. The second-order valence-electron chi connectivity index (χ2n) is 4.54. The molecule has 0 atom stereocenters. The van der Waals surface area contributed by atoms with Crippen LogP contribution in [0.3, 0.4) is 0 Å². The van der Waals surface area contributed by atoms with Gasteiger partial charge in [-0.25, -0.2) is 0 Å². The molecule has 0 unspecified atom stereocenters. The molecule has 0 aliphatic rings. The van der Waals surface area contributed by atoms with Gasteiger partial charge in [0.2, 0.25) is 5.91 Å². The molecule has 0 heterocycles. The lowest BCUT2D eigenvalue weighted by Crippen LogP contribution is -2.14. The van der Waals surface area contributed by atoms with Gasteiger partial charge in [-0.05, 0) is 35.9 Å². The summed E-state index contributed by atoms with van der Waals surface area (Å²) in [5, 5.41) is 3.68. The predicted molar refractivity (Wildman–Crippen MR) is 88.3 cm³/mol. The highest BCUT2D eigenvalue weighted by Crippen LogP contribution is 2.28. The van der Waals surface area contributed by atoms with Crippen molar-refractivity contribution in [2.75, 3.05) is 19.5 Å². The highest BCUT2D eigenvalue weighted by Gasteiger charge is 2.10. The first kappa shape index (κ1) is 16.5. The quantitative estimate of drug-likeness (QED) is 0.888. The fourth-order valence-electron chi connectivity index (χ4n) is 1.96. The molecule has 4 nitrogen and oxygen atoms in total. The van der Waals surface area contributed by atoms with Gasteiger partial charge >= 0.3 is 0 Å². The Labute approximate surface area is 138 Å². The Morgan fingerprint density at radius 3 is 2.45 bits per heavy atom. The molecule has 2 aromatic rings.